The third-order valence-corrected chi connectivity index (χ3v) is 6.82. The Hall–Kier alpha value is -0.820. The molecule has 31 heavy (non-hydrogen) atoms. The van der Waals surface area contributed by atoms with E-state index < -0.39 is 0 Å². The minimum Gasteiger partial charge on any atom is -0.232 e. The number of hydrogen-bond acceptors (Lipinski definition) is 0. The molecule has 1 rings (SSSR count). The quantitative estimate of drug-likeness (QED) is 0.154. The van der Waals surface area contributed by atoms with Gasteiger partial charge in [-0.05, 0) is 24.0 Å². The standard InChI is InChI=1S/C30H53O/c1-2-3-4-5-6-7-8-9-10-11-12-13-14-15-16-17-18-19-20-21-22-25-29-26-23-24-27-30(29)28-31/h23-24,26-27H,2-22,25,28H2,1H3. The molecule has 1 heteroatoms. The minimum absolute atomic E-state index is 0.0740. The molecule has 0 fully saturated rings. The Morgan fingerprint density at radius 3 is 1.13 bits per heavy atom. The van der Waals surface area contributed by atoms with Crippen LogP contribution in [0.2, 0.25) is 0 Å². The largest absolute Gasteiger partial charge is 0.232 e. The van der Waals surface area contributed by atoms with Gasteiger partial charge < -0.3 is 0 Å². The van der Waals surface area contributed by atoms with Gasteiger partial charge in [0.05, 0.1) is 0 Å². The van der Waals surface area contributed by atoms with Crippen LogP contribution in [0.3, 0.4) is 0 Å². The fraction of sp³-hybridized carbons (Fsp3) is 0.800. The van der Waals surface area contributed by atoms with Gasteiger partial charge in [-0.15, -0.1) is 0 Å². The van der Waals surface area contributed by atoms with Crippen LogP contribution in [0, 0.1) is 0 Å². The lowest BCUT2D eigenvalue weighted by Gasteiger charge is -2.06. The zero-order valence-corrected chi connectivity index (χ0v) is 21.0. The van der Waals surface area contributed by atoms with Gasteiger partial charge >= 0.3 is 0 Å². The molecule has 179 valence electrons. The highest BCUT2D eigenvalue weighted by atomic mass is 16.3. The second kappa shape index (κ2) is 22.4. The van der Waals surface area contributed by atoms with Crippen LogP contribution in [0.15, 0.2) is 24.3 Å². The predicted molar refractivity (Wildman–Crippen MR) is 137 cm³/mol. The number of benzene rings is 1. The van der Waals surface area contributed by atoms with E-state index in [1.165, 1.54) is 140 Å². The van der Waals surface area contributed by atoms with Crippen LogP contribution in [0.5, 0.6) is 0 Å². The van der Waals surface area contributed by atoms with Crippen LogP contribution in [0.4, 0.5) is 0 Å². The van der Waals surface area contributed by atoms with E-state index in [1.54, 1.807) is 0 Å². The van der Waals surface area contributed by atoms with Crippen molar-refractivity contribution in [1.29, 1.82) is 0 Å². The third kappa shape index (κ3) is 17.4. The Kier molecular flexibility index (Phi) is 20.4. The molecule has 0 amide bonds. The Bertz CT molecular complexity index is 481. The van der Waals surface area contributed by atoms with Gasteiger partial charge in [0.25, 0.3) is 0 Å². The van der Waals surface area contributed by atoms with Crippen LogP contribution in [0.25, 0.3) is 0 Å². The summed E-state index contributed by atoms with van der Waals surface area (Å²) in [6, 6.07) is 8.16. The summed E-state index contributed by atoms with van der Waals surface area (Å²) in [5, 5.41) is 11.2. The molecular formula is C30H53O. The average molecular weight is 430 g/mol. The van der Waals surface area contributed by atoms with Crippen molar-refractivity contribution in [2.24, 2.45) is 0 Å². The van der Waals surface area contributed by atoms with Crippen LogP contribution in [-0.4, -0.2) is 0 Å². The van der Waals surface area contributed by atoms with Crippen LogP contribution in [-0.2, 0) is 18.1 Å². The lowest BCUT2D eigenvalue weighted by Crippen LogP contribution is -1.93. The van der Waals surface area contributed by atoms with Crippen LogP contribution >= 0.6 is 0 Å². The number of hydrogen-bond donors (Lipinski definition) is 0. The van der Waals surface area contributed by atoms with E-state index in [1.807, 2.05) is 12.1 Å². The van der Waals surface area contributed by atoms with Crippen molar-refractivity contribution in [1.82, 2.24) is 0 Å². The molecule has 0 aromatic heterocycles. The highest BCUT2D eigenvalue weighted by molar-refractivity contribution is 5.26. The topological polar surface area (TPSA) is 19.9 Å². The summed E-state index contributed by atoms with van der Waals surface area (Å²) in [6.45, 7) is 2.22. The smallest absolute Gasteiger partial charge is 0.108 e. The van der Waals surface area contributed by atoms with E-state index in [9.17, 15) is 5.11 Å². The predicted octanol–water partition coefficient (Wildman–Crippen LogP) is 10.4. The first-order chi connectivity index (χ1) is 15.4. The lowest BCUT2D eigenvalue weighted by atomic mass is 10.0. The third-order valence-electron chi connectivity index (χ3n) is 6.82. The molecule has 0 N–H and O–H groups in total. The maximum Gasteiger partial charge on any atom is 0.108 e. The summed E-state index contributed by atoms with van der Waals surface area (Å²) in [5.41, 5.74) is 2.27. The van der Waals surface area contributed by atoms with E-state index in [0.717, 1.165) is 12.0 Å². The molecule has 1 nitrogen and oxygen atoms in total. The first-order valence-corrected chi connectivity index (χ1v) is 14.0. The first-order valence-electron chi connectivity index (χ1n) is 14.0. The molecule has 0 unspecified atom stereocenters. The van der Waals surface area contributed by atoms with Crippen molar-refractivity contribution >= 4 is 0 Å². The molecule has 0 spiro atoms. The molecule has 0 atom stereocenters. The molecule has 0 saturated heterocycles. The Balaban J connectivity index is 1.73. The fourth-order valence-electron chi connectivity index (χ4n) is 4.69. The van der Waals surface area contributed by atoms with Gasteiger partial charge in [-0.3, -0.25) is 0 Å². The molecule has 0 aliphatic heterocycles. The minimum atomic E-state index is -0.0740. The number of unbranched alkanes of at least 4 members (excludes halogenated alkanes) is 20. The molecule has 0 heterocycles. The number of rotatable bonds is 23. The van der Waals surface area contributed by atoms with E-state index in [4.69, 9.17) is 0 Å². The maximum absolute atomic E-state index is 11.2. The molecule has 1 aromatic carbocycles. The van der Waals surface area contributed by atoms with Gasteiger partial charge in [0, 0.05) is 0 Å². The van der Waals surface area contributed by atoms with Crippen molar-refractivity contribution in [3.8, 4) is 0 Å². The Morgan fingerprint density at radius 2 is 0.774 bits per heavy atom. The fourth-order valence-corrected chi connectivity index (χ4v) is 4.69. The zero-order chi connectivity index (χ0) is 22.2. The highest BCUT2D eigenvalue weighted by Crippen LogP contribution is 2.16. The molecule has 0 saturated carbocycles. The summed E-state index contributed by atoms with van der Waals surface area (Å²) in [7, 11) is 0. The van der Waals surface area contributed by atoms with Crippen molar-refractivity contribution in [2.75, 3.05) is 0 Å². The van der Waals surface area contributed by atoms with Gasteiger partial charge in [-0.2, -0.15) is 0 Å². The molecule has 0 bridgehead atoms. The Labute approximate surface area is 195 Å². The summed E-state index contributed by atoms with van der Waals surface area (Å²) in [4.78, 5) is 0. The van der Waals surface area contributed by atoms with E-state index in [-0.39, 0.29) is 6.61 Å². The van der Waals surface area contributed by atoms with Crippen molar-refractivity contribution in [3.63, 3.8) is 0 Å². The van der Waals surface area contributed by atoms with Crippen molar-refractivity contribution in [2.45, 2.75) is 155 Å². The molecule has 1 aromatic rings. The lowest BCUT2D eigenvalue weighted by molar-refractivity contribution is 0.176. The number of aryl methyl sites for hydroxylation is 1. The van der Waals surface area contributed by atoms with Gasteiger partial charge in [0.1, 0.15) is 6.61 Å². The molecule has 1 radical (unpaired) electrons. The van der Waals surface area contributed by atoms with E-state index in [0.29, 0.717) is 0 Å². The van der Waals surface area contributed by atoms with Crippen molar-refractivity contribution in [3.05, 3.63) is 35.4 Å². The average Bonchev–Trinajstić information content (AvgIpc) is 2.80. The second-order valence-electron chi connectivity index (χ2n) is 9.73. The van der Waals surface area contributed by atoms with E-state index in [2.05, 4.69) is 19.1 Å². The summed E-state index contributed by atoms with van der Waals surface area (Å²) < 4.78 is 0. The van der Waals surface area contributed by atoms with Gasteiger partial charge in [0.2, 0.25) is 0 Å². The normalized spacial score (nSPS) is 11.3. The highest BCUT2D eigenvalue weighted by Gasteiger charge is 2.01. The second-order valence-corrected chi connectivity index (χ2v) is 9.73. The van der Waals surface area contributed by atoms with Gasteiger partial charge in [-0.1, -0.05) is 160 Å². The molecular weight excluding hydrogens is 376 g/mol. The van der Waals surface area contributed by atoms with Gasteiger partial charge in [-0.25, -0.2) is 5.11 Å². The zero-order valence-electron chi connectivity index (χ0n) is 21.0. The summed E-state index contributed by atoms with van der Waals surface area (Å²) in [5.74, 6) is 0. The van der Waals surface area contributed by atoms with Crippen LogP contribution in [0.1, 0.15) is 153 Å². The SMILES string of the molecule is CCCCCCCCCCCCCCCCCCCCCCCc1ccccc1C[O]. The van der Waals surface area contributed by atoms with E-state index >= 15 is 0 Å². The maximum atomic E-state index is 11.2. The molecule has 0 aliphatic rings. The monoisotopic (exact) mass is 429 g/mol. The summed E-state index contributed by atoms with van der Waals surface area (Å²) >= 11 is 0. The Morgan fingerprint density at radius 1 is 0.452 bits per heavy atom. The van der Waals surface area contributed by atoms with Crippen molar-refractivity contribution < 1.29 is 5.11 Å². The first kappa shape index (κ1) is 28.2. The molecule has 0 aliphatic carbocycles. The van der Waals surface area contributed by atoms with Gasteiger partial charge in [0.15, 0.2) is 0 Å². The summed E-state index contributed by atoms with van der Waals surface area (Å²) in [6.07, 6.45) is 31.0. The van der Waals surface area contributed by atoms with Crippen LogP contribution < -0.4 is 0 Å².